The first-order valence-corrected chi connectivity index (χ1v) is 10.9. The van der Waals surface area contributed by atoms with Gasteiger partial charge in [-0.25, -0.2) is 4.98 Å². The van der Waals surface area contributed by atoms with Crippen LogP contribution in [0.5, 0.6) is 0 Å². The molecule has 1 unspecified atom stereocenters. The van der Waals surface area contributed by atoms with E-state index in [4.69, 9.17) is 9.73 Å². The number of morpholine rings is 1. The molecule has 2 aromatic rings. The molecule has 1 aromatic carbocycles. The quantitative estimate of drug-likeness (QED) is 0.431. The first-order chi connectivity index (χ1) is 14.1. The zero-order chi connectivity index (χ0) is 20.6. The van der Waals surface area contributed by atoms with Gasteiger partial charge in [-0.15, -0.1) is 11.3 Å². The van der Waals surface area contributed by atoms with E-state index in [1.165, 1.54) is 22.5 Å². The molecule has 0 spiro atoms. The Kier molecular flexibility index (Phi) is 7.60. The number of guanidine groups is 1. The van der Waals surface area contributed by atoms with E-state index in [9.17, 15) is 4.79 Å². The second-order valence-electron chi connectivity index (χ2n) is 6.92. The van der Waals surface area contributed by atoms with E-state index in [0.29, 0.717) is 24.6 Å². The van der Waals surface area contributed by atoms with Crippen LogP contribution in [-0.4, -0.2) is 61.1 Å². The van der Waals surface area contributed by atoms with Crippen LogP contribution < -0.4 is 10.6 Å². The molecule has 29 heavy (non-hydrogen) atoms. The van der Waals surface area contributed by atoms with Gasteiger partial charge in [-0.3, -0.25) is 9.79 Å². The number of hydrogen-bond donors (Lipinski definition) is 2. The number of benzene rings is 1. The van der Waals surface area contributed by atoms with Crippen molar-refractivity contribution >= 4 is 23.2 Å². The summed E-state index contributed by atoms with van der Waals surface area (Å²) in [7, 11) is 0. The highest BCUT2D eigenvalue weighted by molar-refractivity contribution is 7.11. The predicted octanol–water partition coefficient (Wildman–Crippen LogP) is 2.53. The van der Waals surface area contributed by atoms with Crippen molar-refractivity contribution in [3.8, 4) is 0 Å². The zero-order valence-electron chi connectivity index (χ0n) is 17.3. The Bertz CT molecular complexity index is 851. The normalized spacial score (nSPS) is 17.3. The van der Waals surface area contributed by atoms with Crippen LogP contribution in [-0.2, 0) is 4.74 Å². The van der Waals surface area contributed by atoms with Gasteiger partial charge in [0, 0.05) is 19.6 Å². The highest BCUT2D eigenvalue weighted by atomic mass is 32.1. The molecule has 0 saturated carbocycles. The third kappa shape index (κ3) is 5.55. The number of nitrogens with one attached hydrogen (secondary N) is 2. The fourth-order valence-corrected chi connectivity index (χ4v) is 4.05. The lowest BCUT2D eigenvalue weighted by Gasteiger charge is -2.35. The van der Waals surface area contributed by atoms with Crippen LogP contribution in [0.3, 0.4) is 0 Å². The number of nitrogens with zero attached hydrogens (tertiary/aromatic N) is 3. The number of amides is 1. The van der Waals surface area contributed by atoms with Gasteiger partial charge in [0.2, 0.25) is 0 Å². The van der Waals surface area contributed by atoms with E-state index < -0.39 is 0 Å². The second-order valence-corrected chi connectivity index (χ2v) is 7.78. The summed E-state index contributed by atoms with van der Waals surface area (Å²) >= 11 is 1.36. The van der Waals surface area contributed by atoms with Crippen molar-refractivity contribution in [2.24, 2.45) is 4.99 Å². The molecule has 0 radical (unpaired) electrons. The molecule has 1 fully saturated rings. The Morgan fingerprint density at radius 2 is 2.17 bits per heavy atom. The van der Waals surface area contributed by atoms with E-state index in [-0.39, 0.29) is 12.0 Å². The standard InChI is InChI=1S/C21H29N5O2S/c1-4-22-21(24-10-9-23-20(27)19-16(3)25-14-29-19)26-11-12-28-18(13-26)17-8-6-5-7-15(17)2/h5-8,14,18H,4,9-13H2,1-3H3,(H,22,24)(H,23,27). The Morgan fingerprint density at radius 1 is 1.34 bits per heavy atom. The van der Waals surface area contributed by atoms with Crippen LogP contribution in [0.4, 0.5) is 0 Å². The predicted molar refractivity (Wildman–Crippen MR) is 117 cm³/mol. The number of rotatable bonds is 6. The van der Waals surface area contributed by atoms with Crippen LogP contribution in [0.15, 0.2) is 34.8 Å². The molecule has 156 valence electrons. The molecule has 1 atom stereocenters. The maximum atomic E-state index is 12.2. The molecular formula is C21H29N5O2S. The summed E-state index contributed by atoms with van der Waals surface area (Å²) in [4.78, 5) is 23.9. The minimum atomic E-state index is -0.0869. The molecule has 0 bridgehead atoms. The van der Waals surface area contributed by atoms with E-state index >= 15 is 0 Å². The number of aliphatic imine (C=N–C) groups is 1. The number of aromatic nitrogens is 1. The summed E-state index contributed by atoms with van der Waals surface area (Å²) in [6.07, 6.45) is 0.0304. The smallest absolute Gasteiger partial charge is 0.263 e. The third-order valence-electron chi connectivity index (χ3n) is 4.85. The average Bonchev–Trinajstić information content (AvgIpc) is 3.16. The first kappa shape index (κ1) is 21.3. The van der Waals surface area contributed by atoms with Crippen molar-refractivity contribution in [2.45, 2.75) is 26.9 Å². The van der Waals surface area contributed by atoms with E-state index in [1.54, 1.807) is 5.51 Å². The molecule has 3 rings (SSSR count). The maximum absolute atomic E-state index is 12.2. The van der Waals surface area contributed by atoms with Crippen LogP contribution in [0.25, 0.3) is 0 Å². The Morgan fingerprint density at radius 3 is 2.90 bits per heavy atom. The van der Waals surface area contributed by atoms with Crippen LogP contribution in [0, 0.1) is 13.8 Å². The second kappa shape index (κ2) is 10.4. The molecule has 2 N–H and O–H groups in total. The van der Waals surface area contributed by atoms with Gasteiger partial charge in [0.05, 0.1) is 30.9 Å². The van der Waals surface area contributed by atoms with E-state index in [0.717, 1.165) is 31.3 Å². The van der Waals surface area contributed by atoms with Crippen molar-refractivity contribution in [1.82, 2.24) is 20.5 Å². The molecule has 7 nitrogen and oxygen atoms in total. The minimum absolute atomic E-state index is 0.0304. The Hall–Kier alpha value is -2.45. The number of ether oxygens (including phenoxy) is 1. The number of carbonyl (C=O) groups excluding carboxylic acids is 1. The summed E-state index contributed by atoms with van der Waals surface area (Å²) < 4.78 is 6.03. The van der Waals surface area contributed by atoms with Crippen molar-refractivity contribution in [3.05, 3.63) is 51.5 Å². The van der Waals surface area contributed by atoms with Gasteiger partial charge >= 0.3 is 0 Å². The lowest BCUT2D eigenvalue weighted by molar-refractivity contribution is -0.00832. The summed E-state index contributed by atoms with van der Waals surface area (Å²) in [5.41, 5.74) is 4.91. The summed E-state index contributed by atoms with van der Waals surface area (Å²) in [5, 5.41) is 6.29. The molecule has 1 amide bonds. The van der Waals surface area contributed by atoms with E-state index in [1.807, 2.05) is 13.0 Å². The summed E-state index contributed by atoms with van der Waals surface area (Å²) in [6.45, 7) is 10.0. The SMILES string of the molecule is CCNC(=NCCNC(=O)c1scnc1C)N1CCOC(c2ccccc2C)C1. The van der Waals surface area contributed by atoms with Gasteiger partial charge in [-0.1, -0.05) is 24.3 Å². The highest BCUT2D eigenvalue weighted by Gasteiger charge is 2.25. The largest absolute Gasteiger partial charge is 0.370 e. The summed E-state index contributed by atoms with van der Waals surface area (Å²) in [6, 6.07) is 8.35. The fourth-order valence-electron chi connectivity index (χ4n) is 3.34. The molecule has 0 aliphatic carbocycles. The van der Waals surface area contributed by atoms with Crippen molar-refractivity contribution in [1.29, 1.82) is 0 Å². The first-order valence-electron chi connectivity index (χ1n) is 9.98. The van der Waals surface area contributed by atoms with Gasteiger partial charge in [0.15, 0.2) is 5.96 Å². The van der Waals surface area contributed by atoms with Gasteiger partial charge in [0.1, 0.15) is 11.0 Å². The van der Waals surface area contributed by atoms with Crippen molar-refractivity contribution in [3.63, 3.8) is 0 Å². The average molecular weight is 416 g/mol. The maximum Gasteiger partial charge on any atom is 0.263 e. The van der Waals surface area contributed by atoms with Crippen molar-refractivity contribution in [2.75, 3.05) is 39.3 Å². The van der Waals surface area contributed by atoms with Crippen LogP contribution in [0.2, 0.25) is 0 Å². The Balaban J connectivity index is 1.58. The van der Waals surface area contributed by atoms with Gasteiger partial charge in [0.25, 0.3) is 5.91 Å². The van der Waals surface area contributed by atoms with Gasteiger partial charge in [-0.2, -0.15) is 0 Å². The molecule has 2 heterocycles. The topological polar surface area (TPSA) is 78.8 Å². The summed E-state index contributed by atoms with van der Waals surface area (Å²) in [5.74, 6) is 0.772. The molecule has 8 heteroatoms. The minimum Gasteiger partial charge on any atom is -0.370 e. The highest BCUT2D eigenvalue weighted by Crippen LogP contribution is 2.25. The fraction of sp³-hybridized carbons (Fsp3) is 0.476. The van der Waals surface area contributed by atoms with Crippen LogP contribution in [0.1, 0.15) is 39.5 Å². The lowest BCUT2D eigenvalue weighted by atomic mass is 10.0. The molecule has 1 aliphatic heterocycles. The van der Waals surface area contributed by atoms with Gasteiger partial charge in [-0.05, 0) is 31.9 Å². The zero-order valence-corrected chi connectivity index (χ0v) is 18.1. The third-order valence-corrected chi connectivity index (χ3v) is 5.77. The molecular weight excluding hydrogens is 386 g/mol. The number of thiazole rings is 1. The molecule has 1 saturated heterocycles. The Labute approximate surface area is 176 Å². The van der Waals surface area contributed by atoms with E-state index in [2.05, 4.69) is 52.6 Å². The number of hydrogen-bond acceptors (Lipinski definition) is 5. The molecule has 1 aromatic heterocycles. The van der Waals surface area contributed by atoms with Gasteiger partial charge < -0.3 is 20.3 Å². The van der Waals surface area contributed by atoms with Crippen molar-refractivity contribution < 1.29 is 9.53 Å². The molecule has 1 aliphatic rings. The van der Waals surface area contributed by atoms with Crippen LogP contribution >= 0.6 is 11.3 Å². The number of aryl methyl sites for hydroxylation is 2. The number of carbonyl (C=O) groups is 1. The lowest BCUT2D eigenvalue weighted by Crippen LogP contribution is -2.48. The monoisotopic (exact) mass is 415 g/mol.